The van der Waals surface area contributed by atoms with Crippen LogP contribution < -0.4 is 0 Å². The van der Waals surface area contributed by atoms with Crippen LogP contribution >= 0.6 is 11.3 Å². The monoisotopic (exact) mass is 312 g/mol. The molecule has 0 spiro atoms. The average Bonchev–Trinajstić information content (AvgIpc) is 2.96. The Balaban J connectivity index is 2.13. The predicted molar refractivity (Wildman–Crippen MR) is 78.6 cm³/mol. The Morgan fingerprint density at radius 2 is 2.29 bits per heavy atom. The van der Waals surface area contributed by atoms with Crippen molar-refractivity contribution in [1.29, 1.82) is 0 Å². The Morgan fingerprint density at radius 1 is 1.52 bits per heavy atom. The topological polar surface area (TPSA) is 68.7 Å². The van der Waals surface area contributed by atoms with Gasteiger partial charge in [0.25, 0.3) is 5.91 Å². The van der Waals surface area contributed by atoms with Crippen LogP contribution in [0.2, 0.25) is 0 Å². The number of esters is 1. The van der Waals surface area contributed by atoms with Crippen LogP contribution in [-0.4, -0.2) is 53.7 Å². The molecule has 2 rings (SSSR count). The summed E-state index contributed by atoms with van der Waals surface area (Å²) in [6, 6.07) is 0.0569. The number of amides is 1. The number of hydrogen-bond donors (Lipinski definition) is 0. The molecule has 0 saturated carbocycles. The van der Waals surface area contributed by atoms with Gasteiger partial charge >= 0.3 is 5.97 Å². The van der Waals surface area contributed by atoms with E-state index in [9.17, 15) is 9.59 Å². The Bertz CT molecular complexity index is 517. The third kappa shape index (κ3) is 3.59. The van der Waals surface area contributed by atoms with Crippen LogP contribution in [0.3, 0.4) is 0 Å². The van der Waals surface area contributed by atoms with Crippen molar-refractivity contribution < 1.29 is 19.1 Å². The lowest BCUT2D eigenvalue weighted by molar-refractivity contribution is -0.0445. The maximum absolute atomic E-state index is 12.6. The number of thiazole rings is 1. The molecule has 7 heteroatoms. The molecule has 1 aromatic rings. The third-order valence-corrected chi connectivity index (χ3v) is 4.20. The molecule has 0 aliphatic carbocycles. The van der Waals surface area contributed by atoms with E-state index in [4.69, 9.17) is 9.47 Å². The summed E-state index contributed by atoms with van der Waals surface area (Å²) in [5, 5.41) is 1.83. The van der Waals surface area contributed by atoms with Crippen LogP contribution in [0.1, 0.15) is 47.5 Å². The molecule has 1 saturated heterocycles. The first kappa shape index (κ1) is 15.9. The van der Waals surface area contributed by atoms with Crippen molar-refractivity contribution in [2.45, 2.75) is 39.3 Å². The Hall–Kier alpha value is -1.47. The normalized spacial score (nSPS) is 22.1. The van der Waals surface area contributed by atoms with Gasteiger partial charge in [-0.1, -0.05) is 6.92 Å². The van der Waals surface area contributed by atoms with E-state index in [0.29, 0.717) is 25.5 Å². The lowest BCUT2D eigenvalue weighted by atomic mass is 10.1. The lowest BCUT2D eigenvalue weighted by Gasteiger charge is -2.37. The second kappa shape index (κ2) is 7.00. The molecule has 116 valence electrons. The average molecular weight is 312 g/mol. The number of carbonyl (C=O) groups excluding carboxylic acids is 2. The quantitative estimate of drug-likeness (QED) is 0.795. The number of aromatic nitrogens is 1. The van der Waals surface area contributed by atoms with E-state index in [1.807, 2.05) is 13.8 Å². The van der Waals surface area contributed by atoms with Crippen molar-refractivity contribution in [3.05, 3.63) is 16.1 Å². The second-order valence-electron chi connectivity index (χ2n) is 4.92. The predicted octanol–water partition coefficient (Wildman–Crippen LogP) is 1.96. The zero-order valence-electron chi connectivity index (χ0n) is 12.5. The van der Waals surface area contributed by atoms with Gasteiger partial charge in [-0.05, 0) is 20.3 Å². The van der Waals surface area contributed by atoms with Gasteiger partial charge in [0.05, 0.1) is 25.4 Å². The van der Waals surface area contributed by atoms with Gasteiger partial charge in [-0.15, -0.1) is 11.3 Å². The summed E-state index contributed by atoms with van der Waals surface area (Å²) in [7, 11) is 0. The number of nitrogens with zero attached hydrogens (tertiary/aromatic N) is 2. The summed E-state index contributed by atoms with van der Waals surface area (Å²) in [6.07, 6.45) is 0.841. The number of ether oxygens (including phenoxy) is 2. The summed E-state index contributed by atoms with van der Waals surface area (Å²) in [5.41, 5.74) is 0.301. The van der Waals surface area contributed by atoms with Gasteiger partial charge in [0.2, 0.25) is 5.01 Å². The first-order valence-corrected chi connectivity index (χ1v) is 8.00. The number of hydrogen-bond acceptors (Lipinski definition) is 6. The summed E-state index contributed by atoms with van der Waals surface area (Å²) in [4.78, 5) is 30.1. The lowest BCUT2D eigenvalue weighted by Crippen LogP contribution is -2.51. The molecule has 0 radical (unpaired) electrons. The Kier molecular flexibility index (Phi) is 5.30. The van der Waals surface area contributed by atoms with Gasteiger partial charge in [-0.3, -0.25) is 4.79 Å². The zero-order chi connectivity index (χ0) is 15.4. The van der Waals surface area contributed by atoms with Crippen LogP contribution in [0.4, 0.5) is 0 Å². The largest absolute Gasteiger partial charge is 0.461 e. The first-order valence-electron chi connectivity index (χ1n) is 7.12. The molecule has 1 aromatic heterocycles. The van der Waals surface area contributed by atoms with E-state index < -0.39 is 5.97 Å². The van der Waals surface area contributed by atoms with Crippen LogP contribution in [0, 0.1) is 0 Å². The number of morpholine rings is 1. The highest BCUT2D eigenvalue weighted by Crippen LogP contribution is 2.19. The summed E-state index contributed by atoms with van der Waals surface area (Å²) in [5.74, 6) is -0.632. The van der Waals surface area contributed by atoms with E-state index >= 15 is 0 Å². The SMILES string of the molecule is CCOC(=O)c1nc(C(=O)N2CC(C)OCC2CC)cs1. The molecule has 0 aromatic carbocycles. The molecule has 1 amide bonds. The molecule has 1 aliphatic heterocycles. The van der Waals surface area contributed by atoms with Gasteiger partial charge < -0.3 is 14.4 Å². The molecule has 21 heavy (non-hydrogen) atoms. The molecular formula is C14H20N2O4S. The Labute approximate surface area is 128 Å². The molecule has 6 nitrogen and oxygen atoms in total. The maximum Gasteiger partial charge on any atom is 0.367 e. The minimum atomic E-state index is -0.482. The van der Waals surface area contributed by atoms with Gasteiger partial charge in [-0.25, -0.2) is 9.78 Å². The summed E-state index contributed by atoms with van der Waals surface area (Å²) < 4.78 is 10.5. The zero-order valence-corrected chi connectivity index (χ0v) is 13.3. The van der Waals surface area contributed by atoms with Crippen LogP contribution in [0.5, 0.6) is 0 Å². The molecule has 2 unspecified atom stereocenters. The van der Waals surface area contributed by atoms with Crippen molar-refractivity contribution in [3.8, 4) is 0 Å². The van der Waals surface area contributed by atoms with E-state index in [0.717, 1.165) is 17.8 Å². The molecule has 0 N–H and O–H groups in total. The van der Waals surface area contributed by atoms with Gasteiger partial charge in [-0.2, -0.15) is 0 Å². The molecule has 2 heterocycles. The van der Waals surface area contributed by atoms with Gasteiger partial charge in [0.1, 0.15) is 5.69 Å². The fourth-order valence-corrected chi connectivity index (χ4v) is 2.92. The fraction of sp³-hybridized carbons (Fsp3) is 0.643. The summed E-state index contributed by atoms with van der Waals surface area (Å²) >= 11 is 1.14. The highest BCUT2D eigenvalue weighted by molar-refractivity contribution is 7.11. The molecule has 2 atom stereocenters. The van der Waals surface area contributed by atoms with Crippen molar-refractivity contribution in [2.24, 2.45) is 0 Å². The summed E-state index contributed by atoms with van der Waals surface area (Å²) in [6.45, 7) is 7.08. The Morgan fingerprint density at radius 3 is 2.95 bits per heavy atom. The standard InChI is InChI=1S/C14H20N2O4S/c1-4-10-7-20-9(3)6-16(10)13(17)11-8-21-12(15-11)14(18)19-5-2/h8-10H,4-7H2,1-3H3. The van der Waals surface area contributed by atoms with Crippen molar-refractivity contribution in [3.63, 3.8) is 0 Å². The van der Waals surface area contributed by atoms with Crippen LogP contribution in [0.15, 0.2) is 5.38 Å². The van der Waals surface area contributed by atoms with E-state index in [2.05, 4.69) is 4.98 Å². The third-order valence-electron chi connectivity index (χ3n) is 3.37. The van der Waals surface area contributed by atoms with Crippen molar-refractivity contribution in [1.82, 2.24) is 9.88 Å². The fourth-order valence-electron chi connectivity index (χ4n) is 2.24. The highest BCUT2D eigenvalue weighted by Gasteiger charge is 2.31. The van der Waals surface area contributed by atoms with E-state index in [-0.39, 0.29) is 23.1 Å². The maximum atomic E-state index is 12.6. The minimum Gasteiger partial charge on any atom is -0.461 e. The van der Waals surface area contributed by atoms with Crippen LogP contribution in [-0.2, 0) is 9.47 Å². The van der Waals surface area contributed by atoms with E-state index in [1.54, 1.807) is 17.2 Å². The minimum absolute atomic E-state index is 0.0138. The van der Waals surface area contributed by atoms with Gasteiger partial charge in [0.15, 0.2) is 0 Å². The van der Waals surface area contributed by atoms with Crippen molar-refractivity contribution in [2.75, 3.05) is 19.8 Å². The molecule has 1 fully saturated rings. The van der Waals surface area contributed by atoms with E-state index in [1.165, 1.54) is 0 Å². The second-order valence-corrected chi connectivity index (χ2v) is 5.78. The van der Waals surface area contributed by atoms with Gasteiger partial charge in [0, 0.05) is 11.9 Å². The molecule has 1 aliphatic rings. The van der Waals surface area contributed by atoms with Crippen LogP contribution in [0.25, 0.3) is 0 Å². The van der Waals surface area contributed by atoms with Crippen molar-refractivity contribution >= 4 is 23.2 Å². The number of rotatable bonds is 4. The molecular weight excluding hydrogens is 292 g/mol. The molecule has 0 bridgehead atoms. The smallest absolute Gasteiger partial charge is 0.367 e. The highest BCUT2D eigenvalue weighted by atomic mass is 32.1. The number of carbonyl (C=O) groups is 2. The first-order chi connectivity index (χ1) is 10.1.